The van der Waals surface area contributed by atoms with E-state index in [1.807, 2.05) is 0 Å². The normalized spacial score (nSPS) is 14.9. The number of amides is 6. The Hall–Kier alpha value is -6.43. The first kappa shape index (κ1) is 45.3. The van der Waals surface area contributed by atoms with Gasteiger partial charge in [0, 0.05) is 0 Å². The van der Waals surface area contributed by atoms with E-state index in [1.165, 1.54) is 48.5 Å². The Balaban J connectivity index is 1.55. The number of rotatable bonds is 20. The number of sulfone groups is 1. The highest BCUT2D eigenvalue weighted by Crippen LogP contribution is 2.27. The van der Waals surface area contributed by atoms with Gasteiger partial charge in [-0.1, -0.05) is 93.3 Å². The molecule has 314 valence electrons. The minimum absolute atomic E-state index is 0.0994. The van der Waals surface area contributed by atoms with Gasteiger partial charge in [0.1, 0.15) is 18.1 Å². The highest BCUT2D eigenvalue weighted by Gasteiger charge is 2.37. The van der Waals surface area contributed by atoms with E-state index in [9.17, 15) is 51.9 Å². The summed E-state index contributed by atoms with van der Waals surface area (Å²) in [7, 11) is -4.29. The molecule has 0 aromatic heterocycles. The van der Waals surface area contributed by atoms with Crippen LogP contribution in [0.4, 0.5) is 0 Å². The fourth-order valence-electron chi connectivity index (χ4n) is 6.75. The molecule has 4 rings (SSSR count). The highest BCUT2D eigenvalue weighted by molar-refractivity contribution is 7.91. The van der Waals surface area contributed by atoms with Crippen LogP contribution in [0, 0.1) is 5.92 Å². The van der Waals surface area contributed by atoms with Crippen LogP contribution in [0.5, 0.6) is 0 Å². The van der Waals surface area contributed by atoms with Crippen molar-refractivity contribution >= 4 is 57.0 Å². The summed E-state index contributed by atoms with van der Waals surface area (Å²) in [6.07, 6.45) is 3.44. The third-order valence-corrected chi connectivity index (χ3v) is 11.5. The molecule has 0 heterocycles. The first-order valence-corrected chi connectivity index (χ1v) is 20.8. The van der Waals surface area contributed by atoms with Crippen molar-refractivity contribution in [1.29, 1.82) is 0 Å². The minimum Gasteiger partial charge on any atom is -0.478 e. The second-order valence-electron chi connectivity index (χ2n) is 14.1. The molecule has 18 heteroatoms. The molecule has 1 fully saturated rings. The van der Waals surface area contributed by atoms with E-state index in [2.05, 4.69) is 26.6 Å². The molecule has 0 saturated heterocycles. The van der Waals surface area contributed by atoms with E-state index in [1.54, 1.807) is 43.3 Å². The van der Waals surface area contributed by atoms with Crippen molar-refractivity contribution in [2.45, 2.75) is 80.9 Å². The fraction of sp³-hybridized carbons (Fsp3) is 0.366. The van der Waals surface area contributed by atoms with E-state index in [0.717, 1.165) is 6.42 Å². The summed E-state index contributed by atoms with van der Waals surface area (Å²) in [5.74, 6) is -9.91. The molecule has 0 aliphatic heterocycles. The molecule has 8 N–H and O–H groups in total. The number of nitrogens with one attached hydrogen (secondary N) is 5. The van der Waals surface area contributed by atoms with Crippen LogP contribution in [0.25, 0.3) is 0 Å². The predicted octanol–water partition coefficient (Wildman–Crippen LogP) is 1.34. The maximum absolute atomic E-state index is 14.2. The van der Waals surface area contributed by atoms with Gasteiger partial charge in [-0.25, -0.2) is 13.2 Å². The van der Waals surface area contributed by atoms with Crippen LogP contribution >= 0.6 is 0 Å². The number of benzene rings is 3. The lowest BCUT2D eigenvalue weighted by atomic mass is 9.83. The number of Topliss-reactive ketones (excluding diaryl/α,β-unsaturated/α-hetero) is 1. The van der Waals surface area contributed by atoms with Crippen molar-refractivity contribution in [3.05, 3.63) is 102 Å². The van der Waals surface area contributed by atoms with Gasteiger partial charge in [-0.2, -0.15) is 0 Å². The topological polar surface area (TPSA) is 277 Å². The molecule has 59 heavy (non-hydrogen) atoms. The SMILES string of the molecule is CCCC(NC(=O)[C@H](CS(=O)(=O)c1ccccc1)NC(=O)[C@@H](NC(=O)c1ccccc1C(=O)O)C1CCCCC1)C(=O)C(=O)NCC(=O)N[C@H](C(N)=O)c1ccccc1. The summed E-state index contributed by atoms with van der Waals surface area (Å²) >= 11 is 0. The van der Waals surface area contributed by atoms with Gasteiger partial charge in [-0.05, 0) is 55.0 Å². The first-order valence-electron chi connectivity index (χ1n) is 19.1. The monoisotopic (exact) mass is 832 g/mol. The van der Waals surface area contributed by atoms with Gasteiger partial charge >= 0.3 is 5.97 Å². The van der Waals surface area contributed by atoms with Crippen molar-refractivity contribution in [3.8, 4) is 0 Å². The van der Waals surface area contributed by atoms with Crippen molar-refractivity contribution < 1.29 is 51.9 Å². The maximum atomic E-state index is 14.2. The van der Waals surface area contributed by atoms with Crippen LogP contribution in [-0.2, 0) is 38.6 Å². The summed E-state index contributed by atoms with van der Waals surface area (Å²) in [6, 6.07) is 14.7. The van der Waals surface area contributed by atoms with Crippen LogP contribution in [-0.4, -0.2) is 91.1 Å². The Morgan fingerprint density at radius 3 is 1.90 bits per heavy atom. The molecule has 17 nitrogen and oxygen atoms in total. The number of carbonyl (C=O) groups is 8. The number of aromatic carboxylic acids is 1. The Morgan fingerprint density at radius 1 is 0.729 bits per heavy atom. The van der Waals surface area contributed by atoms with Crippen LogP contribution < -0.4 is 32.3 Å². The van der Waals surface area contributed by atoms with Crippen LogP contribution in [0.2, 0.25) is 0 Å². The molecular formula is C41H48N6O11S. The Kier molecular flexibility index (Phi) is 16.4. The lowest BCUT2D eigenvalue weighted by Crippen LogP contribution is -2.60. The van der Waals surface area contributed by atoms with E-state index in [4.69, 9.17) is 5.73 Å². The summed E-state index contributed by atoms with van der Waals surface area (Å²) in [5, 5.41) is 21.7. The average Bonchev–Trinajstić information content (AvgIpc) is 3.23. The Morgan fingerprint density at radius 2 is 1.31 bits per heavy atom. The predicted molar refractivity (Wildman–Crippen MR) is 213 cm³/mol. The largest absolute Gasteiger partial charge is 0.478 e. The lowest BCUT2D eigenvalue weighted by molar-refractivity contribution is -0.141. The van der Waals surface area contributed by atoms with Gasteiger partial charge in [0.25, 0.3) is 11.8 Å². The molecule has 1 aliphatic rings. The molecule has 0 radical (unpaired) electrons. The smallest absolute Gasteiger partial charge is 0.336 e. The molecular weight excluding hydrogens is 785 g/mol. The summed E-state index contributed by atoms with van der Waals surface area (Å²) < 4.78 is 27.2. The third kappa shape index (κ3) is 12.8. The second kappa shape index (κ2) is 21.4. The number of primary amides is 1. The number of carbonyl (C=O) groups excluding carboxylic acids is 7. The van der Waals surface area contributed by atoms with E-state index < -0.39 is 99.4 Å². The summed E-state index contributed by atoms with van der Waals surface area (Å²) in [6.45, 7) is 0.914. The van der Waals surface area contributed by atoms with Crippen molar-refractivity contribution in [2.75, 3.05) is 12.3 Å². The van der Waals surface area contributed by atoms with Crippen LogP contribution in [0.1, 0.15) is 84.2 Å². The van der Waals surface area contributed by atoms with Gasteiger partial charge in [0.15, 0.2) is 9.84 Å². The van der Waals surface area contributed by atoms with Crippen LogP contribution in [0.3, 0.4) is 0 Å². The van der Waals surface area contributed by atoms with Gasteiger partial charge in [-0.3, -0.25) is 33.6 Å². The molecule has 1 aliphatic carbocycles. The molecule has 3 aromatic rings. The number of hydrogen-bond acceptors (Lipinski definition) is 10. The molecule has 1 saturated carbocycles. The van der Waals surface area contributed by atoms with Crippen molar-refractivity contribution in [1.82, 2.24) is 26.6 Å². The standard InChI is InChI=1S/C41H48N6O11S/c1-2-14-30(35(49)40(54)43-23-32(48)46-33(36(42)50)25-15-6-3-7-16-25)44-38(52)31(24-59(57,58)27-19-10-5-11-20-27)45-39(53)34(26-17-8-4-9-18-26)47-37(51)28-21-12-13-22-29(28)41(55)56/h3,5-7,10-13,15-16,19-22,26,30-31,33-34H,2,4,8-9,14,17-18,23-24H2,1H3,(H2,42,50)(H,43,54)(H,44,52)(H,45,53)(H,46,48)(H,47,51)(H,55,56)/t30?,31-,33-,34-/m0/s1. The van der Waals surface area contributed by atoms with Crippen molar-refractivity contribution in [2.24, 2.45) is 11.7 Å². The summed E-state index contributed by atoms with van der Waals surface area (Å²) in [5.41, 5.74) is 5.31. The number of ketones is 1. The van der Waals surface area contributed by atoms with E-state index in [-0.39, 0.29) is 28.9 Å². The molecule has 1 unspecified atom stereocenters. The zero-order valence-corrected chi connectivity index (χ0v) is 33.2. The summed E-state index contributed by atoms with van der Waals surface area (Å²) in [4.78, 5) is 105. The van der Waals surface area contributed by atoms with Gasteiger partial charge in [-0.15, -0.1) is 0 Å². The second-order valence-corrected chi connectivity index (χ2v) is 16.1. The van der Waals surface area contributed by atoms with E-state index >= 15 is 0 Å². The molecule has 3 aromatic carbocycles. The van der Waals surface area contributed by atoms with E-state index in [0.29, 0.717) is 31.2 Å². The molecule has 4 atom stereocenters. The average molecular weight is 833 g/mol. The quantitative estimate of drug-likeness (QED) is 0.0798. The zero-order chi connectivity index (χ0) is 43.1. The maximum Gasteiger partial charge on any atom is 0.336 e. The van der Waals surface area contributed by atoms with Crippen molar-refractivity contribution in [3.63, 3.8) is 0 Å². The number of carboxylic acids is 1. The number of carboxylic acid groups (broad SMARTS) is 1. The third-order valence-electron chi connectivity index (χ3n) is 9.78. The fourth-order valence-corrected chi connectivity index (χ4v) is 8.19. The Labute approximate surface area is 341 Å². The Bertz CT molecular complexity index is 2130. The van der Waals surface area contributed by atoms with Gasteiger partial charge < -0.3 is 37.4 Å². The molecule has 0 bridgehead atoms. The molecule has 6 amide bonds. The van der Waals surface area contributed by atoms with Gasteiger partial charge in [0.2, 0.25) is 29.4 Å². The highest BCUT2D eigenvalue weighted by atomic mass is 32.2. The zero-order valence-electron chi connectivity index (χ0n) is 32.3. The molecule has 0 spiro atoms. The number of nitrogens with two attached hydrogens (primary N) is 1. The van der Waals surface area contributed by atoms with Crippen LogP contribution in [0.15, 0.2) is 89.8 Å². The lowest BCUT2D eigenvalue weighted by Gasteiger charge is -2.31. The number of hydrogen-bond donors (Lipinski definition) is 7. The minimum atomic E-state index is -4.29. The van der Waals surface area contributed by atoms with Gasteiger partial charge in [0.05, 0.1) is 34.4 Å². The first-order chi connectivity index (χ1) is 28.1.